The summed E-state index contributed by atoms with van der Waals surface area (Å²) in [5.41, 5.74) is 6.81. The van der Waals surface area contributed by atoms with Crippen LogP contribution in [0.15, 0.2) is 148 Å². The SMILES string of the molecule is c1ccc2c(c1)oc1ccc(N(c3ccc4c(c3)oc3c4ccc4c5ccccc5sc43)c3ccc4sc5ccccc5c4c3)cc12. The van der Waals surface area contributed by atoms with Crippen LogP contribution < -0.4 is 4.90 Å². The van der Waals surface area contributed by atoms with Crippen molar-refractivity contribution in [3.63, 3.8) is 0 Å². The van der Waals surface area contributed by atoms with E-state index in [0.29, 0.717) is 0 Å². The van der Waals surface area contributed by atoms with Gasteiger partial charge in [-0.1, -0.05) is 60.7 Å². The Labute approximate surface area is 276 Å². The fourth-order valence-electron chi connectivity index (χ4n) is 7.30. The Balaban J connectivity index is 1.16. The second kappa shape index (κ2) is 9.46. The molecule has 0 aliphatic heterocycles. The first-order valence-corrected chi connectivity index (χ1v) is 17.3. The lowest BCUT2D eigenvalue weighted by atomic mass is 10.1. The van der Waals surface area contributed by atoms with Crippen LogP contribution in [0.4, 0.5) is 17.1 Å². The first-order chi connectivity index (χ1) is 23.3. The van der Waals surface area contributed by atoms with E-state index in [0.717, 1.165) is 60.9 Å². The van der Waals surface area contributed by atoms with Gasteiger partial charge in [0.1, 0.15) is 16.7 Å². The van der Waals surface area contributed by atoms with Gasteiger partial charge in [0.15, 0.2) is 5.58 Å². The minimum atomic E-state index is 0.879. The normalized spacial score (nSPS) is 12.3. The summed E-state index contributed by atoms with van der Waals surface area (Å²) in [4.78, 5) is 2.34. The van der Waals surface area contributed by atoms with Crippen molar-refractivity contribution in [2.75, 3.05) is 4.90 Å². The van der Waals surface area contributed by atoms with Gasteiger partial charge >= 0.3 is 0 Å². The third-order valence-corrected chi connectivity index (χ3v) is 11.8. The molecule has 0 amide bonds. The van der Waals surface area contributed by atoms with E-state index in [2.05, 4.69) is 132 Å². The van der Waals surface area contributed by atoms with E-state index in [1.807, 2.05) is 23.5 Å². The first kappa shape index (κ1) is 25.6. The van der Waals surface area contributed by atoms with Gasteiger partial charge in [0.2, 0.25) is 0 Å². The van der Waals surface area contributed by atoms with Crippen molar-refractivity contribution in [2.45, 2.75) is 0 Å². The third-order valence-electron chi connectivity index (χ3n) is 9.46. The molecule has 0 spiro atoms. The zero-order valence-electron chi connectivity index (χ0n) is 24.9. The largest absolute Gasteiger partial charge is 0.456 e. The molecule has 0 atom stereocenters. The second-order valence-electron chi connectivity index (χ2n) is 12.1. The van der Waals surface area contributed by atoms with Gasteiger partial charge in [-0.25, -0.2) is 0 Å². The summed E-state index contributed by atoms with van der Waals surface area (Å²) in [6.45, 7) is 0. The number of nitrogens with zero attached hydrogens (tertiary/aromatic N) is 1. The lowest BCUT2D eigenvalue weighted by Gasteiger charge is -2.25. The Morgan fingerprint density at radius 1 is 0.362 bits per heavy atom. The van der Waals surface area contributed by atoms with Crippen LogP contribution >= 0.6 is 22.7 Å². The van der Waals surface area contributed by atoms with Crippen molar-refractivity contribution in [3.8, 4) is 0 Å². The van der Waals surface area contributed by atoms with Crippen LogP contribution in [0.2, 0.25) is 0 Å². The Morgan fingerprint density at radius 2 is 0.936 bits per heavy atom. The van der Waals surface area contributed by atoms with Gasteiger partial charge < -0.3 is 13.7 Å². The van der Waals surface area contributed by atoms with Crippen LogP contribution in [0.5, 0.6) is 0 Å². The van der Waals surface area contributed by atoms with E-state index in [1.165, 1.54) is 40.3 Å². The van der Waals surface area contributed by atoms with Crippen LogP contribution in [-0.4, -0.2) is 0 Å². The average Bonchev–Trinajstić information content (AvgIpc) is 3.88. The van der Waals surface area contributed by atoms with Gasteiger partial charge in [0.25, 0.3) is 0 Å². The molecule has 3 nitrogen and oxygen atoms in total. The molecule has 5 heteroatoms. The Morgan fingerprint density at radius 3 is 1.81 bits per heavy atom. The summed E-state index contributed by atoms with van der Waals surface area (Å²) >= 11 is 3.64. The topological polar surface area (TPSA) is 29.5 Å². The minimum Gasteiger partial charge on any atom is -0.456 e. The maximum Gasteiger partial charge on any atom is 0.153 e. The summed E-state index contributed by atoms with van der Waals surface area (Å²) in [5, 5.41) is 9.56. The molecule has 4 heterocycles. The minimum absolute atomic E-state index is 0.879. The number of hydrogen-bond donors (Lipinski definition) is 0. The summed E-state index contributed by atoms with van der Waals surface area (Å²) in [7, 11) is 0. The molecule has 7 aromatic carbocycles. The van der Waals surface area contributed by atoms with Gasteiger partial charge in [-0.3, -0.25) is 0 Å². The van der Waals surface area contributed by atoms with Crippen LogP contribution in [0, 0.1) is 0 Å². The number of anilines is 3. The standard InChI is InChI=1S/C42H23NO2S2/c1-4-10-35-27(7-1)33-21-24(14-19-36(33)44-35)43(25-15-20-40-34(22-25)30-9-3-5-11-38(30)46-40)26-13-16-28-31-17-18-32-29-8-2-6-12-39(29)47-42(32)41(31)45-37(28)23-26/h1-23H. The van der Waals surface area contributed by atoms with Crippen LogP contribution in [0.1, 0.15) is 0 Å². The molecule has 11 rings (SSSR count). The smallest absolute Gasteiger partial charge is 0.153 e. The van der Waals surface area contributed by atoms with Crippen molar-refractivity contribution in [1.29, 1.82) is 0 Å². The predicted molar refractivity (Wildman–Crippen MR) is 201 cm³/mol. The molecule has 4 aromatic heterocycles. The molecule has 0 fully saturated rings. The van der Waals surface area contributed by atoms with Crippen molar-refractivity contribution in [1.82, 2.24) is 0 Å². The molecule has 11 aromatic rings. The highest BCUT2D eigenvalue weighted by Crippen LogP contribution is 2.45. The molecule has 0 unspecified atom stereocenters. The number of benzene rings is 7. The summed E-state index contributed by atoms with van der Waals surface area (Å²) in [6, 6.07) is 50.0. The number of rotatable bonds is 3. The molecule has 0 aliphatic rings. The maximum atomic E-state index is 6.76. The molecular formula is C42H23NO2S2. The lowest BCUT2D eigenvalue weighted by molar-refractivity contribution is 0.669. The molecule has 47 heavy (non-hydrogen) atoms. The summed E-state index contributed by atoms with van der Waals surface area (Å²) < 4.78 is 18.0. The molecule has 0 aliphatic carbocycles. The first-order valence-electron chi connectivity index (χ1n) is 15.7. The van der Waals surface area contributed by atoms with E-state index in [9.17, 15) is 0 Å². The van der Waals surface area contributed by atoms with Crippen molar-refractivity contribution in [2.24, 2.45) is 0 Å². The van der Waals surface area contributed by atoms with Crippen LogP contribution in [-0.2, 0) is 0 Å². The molecule has 220 valence electrons. The van der Waals surface area contributed by atoms with Crippen molar-refractivity contribution >= 4 is 124 Å². The molecule has 0 bridgehead atoms. The molecular weight excluding hydrogens is 615 g/mol. The Bertz CT molecular complexity index is 2930. The Hall–Kier alpha value is -5.62. The quantitative estimate of drug-likeness (QED) is 0.193. The lowest BCUT2D eigenvalue weighted by Crippen LogP contribution is -2.09. The number of para-hydroxylation sites is 1. The number of thiophene rings is 2. The van der Waals surface area contributed by atoms with Crippen LogP contribution in [0.25, 0.3) is 84.2 Å². The average molecular weight is 638 g/mol. The van der Waals surface area contributed by atoms with E-state index in [-0.39, 0.29) is 0 Å². The number of fused-ring (bicyclic) bond motifs is 13. The second-order valence-corrected chi connectivity index (χ2v) is 14.2. The zero-order valence-corrected chi connectivity index (χ0v) is 26.5. The van der Waals surface area contributed by atoms with Gasteiger partial charge in [0, 0.05) is 80.3 Å². The van der Waals surface area contributed by atoms with E-state index in [1.54, 1.807) is 11.3 Å². The highest BCUT2D eigenvalue weighted by molar-refractivity contribution is 7.26. The van der Waals surface area contributed by atoms with Crippen molar-refractivity contribution < 1.29 is 8.83 Å². The molecule has 0 N–H and O–H groups in total. The van der Waals surface area contributed by atoms with E-state index >= 15 is 0 Å². The molecule has 0 radical (unpaired) electrons. The molecule has 0 saturated carbocycles. The maximum absolute atomic E-state index is 6.76. The van der Waals surface area contributed by atoms with Crippen molar-refractivity contribution in [3.05, 3.63) is 140 Å². The van der Waals surface area contributed by atoms with Gasteiger partial charge in [-0.15, -0.1) is 22.7 Å². The Kier molecular flexibility index (Phi) is 5.14. The monoisotopic (exact) mass is 637 g/mol. The van der Waals surface area contributed by atoms with Gasteiger partial charge in [0.05, 0.1) is 4.70 Å². The third kappa shape index (κ3) is 3.67. The summed E-state index contributed by atoms with van der Waals surface area (Å²) in [5.74, 6) is 0. The van der Waals surface area contributed by atoms with E-state index < -0.39 is 0 Å². The predicted octanol–water partition coefficient (Wildman–Crippen LogP) is 13.7. The number of hydrogen-bond acceptors (Lipinski definition) is 5. The van der Waals surface area contributed by atoms with Gasteiger partial charge in [-0.05, 0) is 72.8 Å². The van der Waals surface area contributed by atoms with Gasteiger partial charge in [-0.2, -0.15) is 0 Å². The highest BCUT2D eigenvalue weighted by Gasteiger charge is 2.20. The fraction of sp³-hybridized carbons (Fsp3) is 0. The summed E-state index contributed by atoms with van der Waals surface area (Å²) in [6.07, 6.45) is 0. The van der Waals surface area contributed by atoms with Crippen LogP contribution in [0.3, 0.4) is 0 Å². The van der Waals surface area contributed by atoms with E-state index in [4.69, 9.17) is 8.83 Å². The zero-order chi connectivity index (χ0) is 30.6. The fourth-order valence-corrected chi connectivity index (χ4v) is 9.57. The molecule has 0 saturated heterocycles. The number of furan rings is 2. The highest BCUT2D eigenvalue weighted by atomic mass is 32.1.